The minimum Gasteiger partial charge on any atom is -0.372 e. The molecule has 2 atom stereocenters. The third-order valence-corrected chi connectivity index (χ3v) is 8.21. The summed E-state index contributed by atoms with van der Waals surface area (Å²) in [4.78, 5) is 3.94. The van der Waals surface area contributed by atoms with Gasteiger partial charge < -0.3 is 18.7 Å². The standard InChI is InChI=1S/C12H21NO6P2/c1-4-17-20(15,11-9-7-8-10-13-11)12(14)21(16,18-5-2)19-6-3/h7-10,12,14H,4-6H2,1-3H3/i12+0. The number of rotatable bonds is 9. The van der Waals surface area contributed by atoms with Crippen LogP contribution in [0.3, 0.4) is 0 Å². The van der Waals surface area contributed by atoms with Gasteiger partial charge in [-0.2, -0.15) is 0 Å². The third-order valence-electron chi connectivity index (χ3n) is 2.49. The molecule has 9 heteroatoms. The fourth-order valence-corrected chi connectivity index (χ4v) is 6.61. The van der Waals surface area contributed by atoms with Crippen molar-refractivity contribution in [3.63, 3.8) is 0 Å². The average Bonchev–Trinajstić information content (AvgIpc) is 2.48. The normalized spacial score (nSPS) is 16.4. The molecule has 0 aliphatic carbocycles. The van der Waals surface area contributed by atoms with Crippen molar-refractivity contribution in [1.82, 2.24) is 4.98 Å². The average molecular weight is 337 g/mol. The molecule has 0 fully saturated rings. The topological polar surface area (TPSA) is 95.0 Å². The lowest BCUT2D eigenvalue weighted by Crippen LogP contribution is -2.23. The fourth-order valence-electron chi connectivity index (χ4n) is 1.70. The van der Waals surface area contributed by atoms with Crippen molar-refractivity contribution in [1.29, 1.82) is 0 Å². The van der Waals surface area contributed by atoms with Gasteiger partial charge in [-0.1, -0.05) is 6.07 Å². The summed E-state index contributed by atoms with van der Waals surface area (Å²) in [6, 6.07) is 4.69. The van der Waals surface area contributed by atoms with E-state index in [4.69, 9.17) is 13.6 Å². The van der Waals surface area contributed by atoms with Crippen molar-refractivity contribution < 1.29 is 27.8 Å². The van der Waals surface area contributed by atoms with E-state index in [0.29, 0.717) is 0 Å². The molecule has 120 valence electrons. The van der Waals surface area contributed by atoms with Crippen LogP contribution in [0.25, 0.3) is 0 Å². The number of hydrogen-bond acceptors (Lipinski definition) is 7. The molecule has 1 aromatic rings. The largest absolute Gasteiger partial charge is 0.372 e. The minimum atomic E-state index is -4.00. The zero-order chi connectivity index (χ0) is 15.9. The predicted molar refractivity (Wildman–Crippen MR) is 80.0 cm³/mol. The smallest absolute Gasteiger partial charge is 0.369 e. The van der Waals surface area contributed by atoms with Gasteiger partial charge in [0.2, 0.25) is 5.59 Å². The van der Waals surface area contributed by atoms with Crippen molar-refractivity contribution in [2.24, 2.45) is 0 Å². The zero-order valence-electron chi connectivity index (χ0n) is 12.3. The Hall–Kier alpha value is -0.550. The molecule has 0 amide bonds. The highest BCUT2D eigenvalue weighted by Crippen LogP contribution is 2.67. The lowest BCUT2D eigenvalue weighted by Gasteiger charge is -2.28. The van der Waals surface area contributed by atoms with Crippen molar-refractivity contribution in [2.75, 3.05) is 19.8 Å². The Kier molecular flexibility index (Phi) is 7.21. The number of hydrogen-bond donors (Lipinski definition) is 1. The Morgan fingerprint density at radius 3 is 2.10 bits per heavy atom. The van der Waals surface area contributed by atoms with Gasteiger partial charge >= 0.3 is 7.60 Å². The summed E-state index contributed by atoms with van der Waals surface area (Å²) in [7, 11) is -7.91. The summed E-state index contributed by atoms with van der Waals surface area (Å²) in [5.41, 5.74) is -1.89. The number of nitrogens with zero attached hydrogens (tertiary/aromatic N) is 1. The number of aliphatic hydroxyl groups is 1. The lowest BCUT2D eigenvalue weighted by molar-refractivity contribution is 0.170. The number of aliphatic hydroxyl groups excluding tert-OH is 1. The zero-order valence-corrected chi connectivity index (χ0v) is 14.1. The van der Waals surface area contributed by atoms with Gasteiger partial charge in [0.25, 0.3) is 7.37 Å². The van der Waals surface area contributed by atoms with Gasteiger partial charge in [-0.3, -0.25) is 14.1 Å². The summed E-state index contributed by atoms with van der Waals surface area (Å²) < 4.78 is 41.0. The molecule has 0 bridgehead atoms. The second-order valence-corrected chi connectivity index (χ2v) is 8.82. The first-order chi connectivity index (χ1) is 9.94. The molecule has 1 heterocycles. The SMILES string of the molecule is CCOP(=O)(OCC)[12CH](O)P(=O)(OCC)c1ccccn1. The Balaban J connectivity index is 3.26. The first-order valence-corrected chi connectivity index (χ1v) is 9.97. The van der Waals surface area contributed by atoms with Crippen LogP contribution < -0.4 is 5.44 Å². The van der Waals surface area contributed by atoms with E-state index < -0.39 is 20.6 Å². The van der Waals surface area contributed by atoms with E-state index in [-0.39, 0.29) is 25.3 Å². The first-order valence-electron chi connectivity index (χ1n) is 6.67. The maximum atomic E-state index is 13.0. The van der Waals surface area contributed by atoms with Crippen molar-refractivity contribution in [3.05, 3.63) is 24.4 Å². The summed E-state index contributed by atoms with van der Waals surface area (Å²) in [6.07, 6.45) is 1.42. The molecule has 0 radical (unpaired) electrons. The van der Waals surface area contributed by atoms with Crippen LogP contribution >= 0.6 is 15.0 Å². The summed E-state index contributed by atoms with van der Waals surface area (Å²) >= 11 is 0. The van der Waals surface area contributed by atoms with Crippen molar-refractivity contribution >= 4 is 20.4 Å². The second-order valence-electron chi connectivity index (χ2n) is 3.92. The van der Waals surface area contributed by atoms with E-state index in [2.05, 4.69) is 4.98 Å². The van der Waals surface area contributed by atoms with E-state index in [9.17, 15) is 14.2 Å². The Morgan fingerprint density at radius 2 is 1.67 bits per heavy atom. The summed E-state index contributed by atoms with van der Waals surface area (Å²) in [5, 5.41) is 10.4. The van der Waals surface area contributed by atoms with E-state index in [1.54, 1.807) is 32.9 Å². The van der Waals surface area contributed by atoms with E-state index in [0.717, 1.165) is 0 Å². The molecular weight excluding hydrogens is 316 g/mol. The van der Waals surface area contributed by atoms with Gasteiger partial charge in [-0.05, 0) is 32.9 Å². The highest BCUT2D eigenvalue weighted by atomic mass is 31.2. The first kappa shape index (κ1) is 18.5. The van der Waals surface area contributed by atoms with E-state index in [1.165, 1.54) is 12.3 Å². The molecule has 0 aliphatic rings. The van der Waals surface area contributed by atoms with Crippen LogP contribution in [0, 0.1) is 0 Å². The van der Waals surface area contributed by atoms with E-state index >= 15 is 0 Å². The van der Waals surface area contributed by atoms with Crippen LogP contribution in [0.15, 0.2) is 24.4 Å². The maximum Gasteiger partial charge on any atom is 0.369 e. The predicted octanol–water partition coefficient (Wildman–Crippen LogP) is 2.56. The Morgan fingerprint density at radius 1 is 1.10 bits per heavy atom. The van der Waals surface area contributed by atoms with Crippen LogP contribution in [0.5, 0.6) is 0 Å². The molecule has 1 aromatic heterocycles. The van der Waals surface area contributed by atoms with Crippen LogP contribution in [0.2, 0.25) is 0 Å². The van der Waals surface area contributed by atoms with Gasteiger partial charge in [-0.15, -0.1) is 0 Å². The van der Waals surface area contributed by atoms with Gasteiger partial charge in [-0.25, -0.2) is 0 Å². The van der Waals surface area contributed by atoms with Crippen LogP contribution in [0.1, 0.15) is 20.8 Å². The van der Waals surface area contributed by atoms with Gasteiger partial charge in [0.15, 0.2) is 0 Å². The van der Waals surface area contributed by atoms with Crippen LogP contribution in [-0.4, -0.2) is 35.5 Å². The number of aromatic nitrogens is 1. The third kappa shape index (κ3) is 4.22. The molecule has 7 nitrogen and oxygen atoms in total. The quantitative estimate of drug-likeness (QED) is 0.692. The molecule has 1 N–H and O–H groups in total. The van der Waals surface area contributed by atoms with Gasteiger partial charge in [0.05, 0.1) is 19.8 Å². The van der Waals surface area contributed by atoms with E-state index in [1.807, 2.05) is 0 Å². The molecule has 1 rings (SSSR count). The van der Waals surface area contributed by atoms with Crippen LogP contribution in [0.4, 0.5) is 0 Å². The molecule has 0 saturated heterocycles. The minimum absolute atomic E-state index is 0.0268. The van der Waals surface area contributed by atoms with Gasteiger partial charge in [0, 0.05) is 6.20 Å². The van der Waals surface area contributed by atoms with Gasteiger partial charge in [0.1, 0.15) is 5.44 Å². The van der Waals surface area contributed by atoms with Crippen LogP contribution in [-0.2, 0) is 22.7 Å². The van der Waals surface area contributed by atoms with Crippen molar-refractivity contribution in [2.45, 2.75) is 26.4 Å². The molecule has 2 unspecified atom stereocenters. The van der Waals surface area contributed by atoms with Crippen molar-refractivity contribution in [3.8, 4) is 0 Å². The highest BCUT2D eigenvalue weighted by molar-refractivity contribution is 7.79. The lowest BCUT2D eigenvalue weighted by atomic mass is 10.5. The maximum absolute atomic E-state index is 13.0. The number of pyridine rings is 1. The molecule has 0 aromatic carbocycles. The second kappa shape index (κ2) is 8.18. The summed E-state index contributed by atoms with van der Waals surface area (Å²) in [5.74, 6) is 0. The molecule has 0 aliphatic heterocycles. The fraction of sp³-hybridized carbons (Fsp3) is 0.583. The summed E-state index contributed by atoms with van der Waals surface area (Å²) in [6.45, 7) is 4.97. The molecule has 0 saturated carbocycles. The molecule has 0 spiro atoms. The monoisotopic (exact) mass is 337 g/mol. The molecular formula is C12H21NO6P2. The Labute approximate surface area is 124 Å². The molecule has 21 heavy (non-hydrogen) atoms. The highest BCUT2D eigenvalue weighted by Gasteiger charge is 2.50. The Bertz CT molecular complexity index is 514.